The van der Waals surface area contributed by atoms with E-state index in [0.717, 1.165) is 10.7 Å². The topological polar surface area (TPSA) is 0 Å². The van der Waals surface area contributed by atoms with Gasteiger partial charge in [-0.1, -0.05) is 22.9 Å². The van der Waals surface area contributed by atoms with E-state index in [2.05, 4.69) is 15.9 Å². The van der Waals surface area contributed by atoms with Crippen LogP contribution >= 0.6 is 27.5 Å². The molecule has 0 aliphatic rings. The summed E-state index contributed by atoms with van der Waals surface area (Å²) in [4.78, 5) is 0. The maximum Gasteiger partial charge on any atom is 0.128 e. The van der Waals surface area contributed by atoms with E-state index in [1.165, 1.54) is 0 Å². The molecule has 0 heterocycles. The highest BCUT2D eigenvalue weighted by atomic mass is 79.9. The number of halogens is 2. The molecule has 5 heavy (non-hydrogen) atoms. The first-order chi connectivity index (χ1) is 2.27. The molecule has 31 valence electrons. The van der Waals surface area contributed by atoms with Crippen LogP contribution in [-0.4, -0.2) is 0 Å². The van der Waals surface area contributed by atoms with Crippen molar-refractivity contribution in [3.05, 3.63) is 4.29 Å². The molecule has 0 saturated carbocycles. The molecule has 0 spiro atoms. The summed E-state index contributed by atoms with van der Waals surface area (Å²) >= 11 is 8.35. The third kappa shape index (κ3) is 4.77. The van der Waals surface area contributed by atoms with Crippen molar-refractivity contribution in [2.24, 2.45) is 0 Å². The fourth-order valence-electron chi connectivity index (χ4n) is 0. The third-order valence-electron chi connectivity index (χ3n) is 0.267. The van der Waals surface area contributed by atoms with Gasteiger partial charge < -0.3 is 0 Å². The lowest BCUT2D eigenvalue weighted by molar-refractivity contribution is 1.17. The minimum atomic E-state index is 0.789. The van der Waals surface area contributed by atoms with Crippen LogP contribution in [0.15, 0.2) is 0 Å². The van der Waals surface area contributed by atoms with Gasteiger partial charge >= 0.3 is 0 Å². The van der Waals surface area contributed by atoms with E-state index in [4.69, 9.17) is 11.6 Å². The van der Waals surface area contributed by atoms with Gasteiger partial charge in [0.2, 0.25) is 0 Å². The Bertz CT molecular complexity index is 20.9. The van der Waals surface area contributed by atoms with Gasteiger partial charge in [-0.05, 0) is 6.42 Å². The zero-order valence-electron chi connectivity index (χ0n) is 2.96. The highest BCUT2D eigenvalue weighted by molar-refractivity contribution is 9.11. The summed E-state index contributed by atoms with van der Waals surface area (Å²) < 4.78 is 0.789. The summed E-state index contributed by atoms with van der Waals surface area (Å²) in [6, 6.07) is 0. The van der Waals surface area contributed by atoms with Crippen LogP contribution in [0.4, 0.5) is 0 Å². The molecule has 0 rings (SSSR count). The Morgan fingerprint density at radius 1 is 2.00 bits per heavy atom. The molecular formula is C3H5BrCl. The predicted octanol–water partition coefficient (Wildman–Crippen LogP) is 2.52. The van der Waals surface area contributed by atoms with Crippen molar-refractivity contribution in [2.75, 3.05) is 0 Å². The van der Waals surface area contributed by atoms with E-state index in [9.17, 15) is 0 Å². The molecule has 0 aliphatic carbocycles. The summed E-state index contributed by atoms with van der Waals surface area (Å²) in [5.74, 6) is 0. The van der Waals surface area contributed by atoms with Gasteiger partial charge in [0.15, 0.2) is 0 Å². The molecule has 0 bridgehead atoms. The molecule has 0 nitrogen and oxygen atoms in total. The fourth-order valence-corrected chi connectivity index (χ4v) is 0. The van der Waals surface area contributed by atoms with Crippen LogP contribution in [0.25, 0.3) is 0 Å². The summed E-state index contributed by atoms with van der Waals surface area (Å²) in [7, 11) is 0. The van der Waals surface area contributed by atoms with Gasteiger partial charge in [0, 0.05) is 0 Å². The normalized spacial score (nSPS) is 9.60. The largest absolute Gasteiger partial charge is 0.128 e. The van der Waals surface area contributed by atoms with E-state index in [-0.39, 0.29) is 0 Å². The second kappa shape index (κ2) is 2.98. The Hall–Kier alpha value is 0.770. The quantitative estimate of drug-likeness (QED) is 0.547. The lowest BCUT2D eigenvalue weighted by Crippen LogP contribution is -1.61. The van der Waals surface area contributed by atoms with E-state index in [1.807, 2.05) is 6.92 Å². The molecule has 0 fully saturated rings. The molecular weight excluding hydrogens is 151 g/mol. The molecule has 1 radical (unpaired) electrons. The predicted molar refractivity (Wildman–Crippen MR) is 28.3 cm³/mol. The van der Waals surface area contributed by atoms with Crippen LogP contribution in [-0.2, 0) is 0 Å². The van der Waals surface area contributed by atoms with E-state index in [0.29, 0.717) is 0 Å². The molecule has 0 aromatic heterocycles. The molecule has 0 aromatic carbocycles. The van der Waals surface area contributed by atoms with E-state index < -0.39 is 0 Å². The number of rotatable bonds is 1. The highest BCUT2D eigenvalue weighted by Crippen LogP contribution is 2.17. The van der Waals surface area contributed by atoms with Crippen molar-refractivity contribution in [3.63, 3.8) is 0 Å². The van der Waals surface area contributed by atoms with Crippen LogP contribution in [0.5, 0.6) is 0 Å². The minimum absolute atomic E-state index is 0.789. The zero-order chi connectivity index (χ0) is 4.28. The fraction of sp³-hybridized carbons (Fsp3) is 0.667. The Morgan fingerprint density at radius 2 is 2.20 bits per heavy atom. The van der Waals surface area contributed by atoms with Gasteiger partial charge in [0.05, 0.1) is 0 Å². The second-order valence-corrected chi connectivity index (χ2v) is 2.56. The Kier molecular flexibility index (Phi) is 3.44. The van der Waals surface area contributed by atoms with Crippen LogP contribution < -0.4 is 0 Å². The average Bonchev–Trinajstić information content (AvgIpc) is 1.38. The van der Waals surface area contributed by atoms with Crippen molar-refractivity contribution < 1.29 is 0 Å². The minimum Gasteiger partial charge on any atom is -0.104 e. The van der Waals surface area contributed by atoms with Crippen LogP contribution in [0.1, 0.15) is 13.3 Å². The van der Waals surface area contributed by atoms with Crippen LogP contribution in [0, 0.1) is 4.29 Å². The lowest BCUT2D eigenvalue weighted by atomic mass is 10.6. The zero-order valence-corrected chi connectivity index (χ0v) is 5.30. The average molecular weight is 156 g/mol. The van der Waals surface area contributed by atoms with Gasteiger partial charge in [0.1, 0.15) is 4.29 Å². The first-order valence-corrected chi connectivity index (χ1v) is 2.61. The summed E-state index contributed by atoms with van der Waals surface area (Å²) in [6.07, 6.45) is 0.904. The Balaban J connectivity index is 2.54. The molecule has 0 atom stereocenters. The maximum absolute atomic E-state index is 5.30. The number of hydrogen-bond acceptors (Lipinski definition) is 0. The summed E-state index contributed by atoms with van der Waals surface area (Å²) in [6.45, 7) is 1.98. The van der Waals surface area contributed by atoms with Gasteiger partial charge in [-0.25, -0.2) is 0 Å². The highest BCUT2D eigenvalue weighted by Gasteiger charge is 1.88. The van der Waals surface area contributed by atoms with Gasteiger partial charge in [-0.2, -0.15) is 0 Å². The smallest absolute Gasteiger partial charge is 0.104 e. The number of hydrogen-bond donors (Lipinski definition) is 0. The first-order valence-electron chi connectivity index (χ1n) is 1.44. The van der Waals surface area contributed by atoms with Crippen molar-refractivity contribution in [1.82, 2.24) is 0 Å². The van der Waals surface area contributed by atoms with Crippen molar-refractivity contribution in [1.29, 1.82) is 0 Å². The maximum atomic E-state index is 5.30. The molecule has 0 unspecified atom stereocenters. The van der Waals surface area contributed by atoms with Crippen molar-refractivity contribution in [3.8, 4) is 0 Å². The Labute approximate surface area is 45.6 Å². The van der Waals surface area contributed by atoms with Gasteiger partial charge in [0.25, 0.3) is 0 Å². The molecule has 0 amide bonds. The van der Waals surface area contributed by atoms with Crippen molar-refractivity contribution in [2.45, 2.75) is 13.3 Å². The summed E-state index contributed by atoms with van der Waals surface area (Å²) in [5.41, 5.74) is 0. The Morgan fingerprint density at radius 3 is 2.20 bits per heavy atom. The molecule has 2 heteroatoms. The molecule has 0 aliphatic heterocycles. The standard InChI is InChI=1S/C3H5BrCl/c1-2-3(4)5/h2H2,1H3. The monoisotopic (exact) mass is 155 g/mol. The second-order valence-electron chi connectivity index (χ2n) is 0.692. The van der Waals surface area contributed by atoms with E-state index >= 15 is 0 Å². The molecule has 0 aromatic rings. The van der Waals surface area contributed by atoms with E-state index in [1.54, 1.807) is 0 Å². The van der Waals surface area contributed by atoms with Crippen LogP contribution in [0.2, 0.25) is 0 Å². The first kappa shape index (κ1) is 5.77. The molecule has 0 N–H and O–H groups in total. The molecule has 0 saturated heterocycles. The SMILES string of the molecule is CC[C](Cl)Br. The van der Waals surface area contributed by atoms with Crippen molar-refractivity contribution >= 4 is 27.5 Å². The lowest BCUT2D eigenvalue weighted by Gasteiger charge is -1.83. The van der Waals surface area contributed by atoms with Gasteiger partial charge in [-0.15, -0.1) is 11.6 Å². The third-order valence-corrected chi connectivity index (χ3v) is 1.10. The van der Waals surface area contributed by atoms with Gasteiger partial charge in [-0.3, -0.25) is 0 Å². The summed E-state index contributed by atoms with van der Waals surface area (Å²) in [5, 5.41) is 0. The van der Waals surface area contributed by atoms with Crippen LogP contribution in [0.3, 0.4) is 0 Å².